The highest BCUT2D eigenvalue weighted by Gasteiger charge is 2.37. The molecule has 130 valence electrons. The van der Waals surface area contributed by atoms with Gasteiger partial charge in [0.2, 0.25) is 6.10 Å². The third-order valence-corrected chi connectivity index (χ3v) is 4.76. The summed E-state index contributed by atoms with van der Waals surface area (Å²) < 4.78 is 11.5. The van der Waals surface area contributed by atoms with E-state index in [1.165, 1.54) is 0 Å². The van der Waals surface area contributed by atoms with Crippen LogP contribution in [0.1, 0.15) is 39.0 Å². The molecule has 0 radical (unpaired) electrons. The Morgan fingerprint density at radius 2 is 1.75 bits per heavy atom. The van der Waals surface area contributed by atoms with Crippen molar-refractivity contribution in [1.82, 2.24) is 5.32 Å². The highest BCUT2D eigenvalue weighted by atomic mass is 16.6. The number of carbonyl (C=O) groups excluding carboxylic acids is 1. The van der Waals surface area contributed by atoms with Gasteiger partial charge in [0, 0.05) is 6.04 Å². The number of fused-ring (bicyclic) bond motifs is 1. The van der Waals surface area contributed by atoms with Gasteiger partial charge in [-0.15, -0.1) is 0 Å². The number of aliphatic carboxylic acids is 1. The minimum absolute atomic E-state index is 0.310. The van der Waals surface area contributed by atoms with Gasteiger partial charge in [-0.05, 0) is 31.9 Å². The zero-order chi connectivity index (χ0) is 17.1. The molecular weight excluding hydrogens is 310 g/mol. The molecule has 2 aliphatic rings. The number of carboxylic acid groups (broad SMARTS) is 1. The van der Waals surface area contributed by atoms with Crippen molar-refractivity contribution in [2.75, 3.05) is 0 Å². The summed E-state index contributed by atoms with van der Waals surface area (Å²) in [4.78, 5) is 24.2. The maximum atomic E-state index is 12.7. The van der Waals surface area contributed by atoms with E-state index >= 15 is 0 Å². The van der Waals surface area contributed by atoms with Crippen LogP contribution >= 0.6 is 0 Å². The van der Waals surface area contributed by atoms with Crippen molar-refractivity contribution in [1.29, 1.82) is 0 Å². The molecule has 0 spiro atoms. The van der Waals surface area contributed by atoms with E-state index in [-0.39, 0.29) is 11.9 Å². The molecule has 2 N–H and O–H groups in total. The summed E-state index contributed by atoms with van der Waals surface area (Å²) in [6.07, 6.45) is 2.88. The predicted molar refractivity (Wildman–Crippen MR) is 87.1 cm³/mol. The number of nitrogens with one attached hydrogen (secondary N) is 1. The molecule has 1 aliphatic heterocycles. The van der Waals surface area contributed by atoms with Crippen molar-refractivity contribution in [3.8, 4) is 11.5 Å². The van der Waals surface area contributed by atoms with Crippen LogP contribution in [0, 0.1) is 5.92 Å². The van der Waals surface area contributed by atoms with E-state index in [0.29, 0.717) is 24.3 Å². The Bertz CT molecular complexity index is 617. The fraction of sp³-hybridized carbons (Fsp3) is 0.556. The molecule has 1 aromatic carbocycles. The maximum absolute atomic E-state index is 12.7. The normalized spacial score (nSPS) is 29.4. The summed E-state index contributed by atoms with van der Waals surface area (Å²) in [6.45, 7) is 1.78. The lowest BCUT2D eigenvalue weighted by Crippen LogP contribution is -2.53. The van der Waals surface area contributed by atoms with Crippen molar-refractivity contribution in [2.45, 2.75) is 57.3 Å². The monoisotopic (exact) mass is 333 g/mol. The van der Waals surface area contributed by atoms with Gasteiger partial charge >= 0.3 is 5.97 Å². The Balaban J connectivity index is 1.70. The van der Waals surface area contributed by atoms with Gasteiger partial charge in [0.25, 0.3) is 5.91 Å². The van der Waals surface area contributed by atoms with Crippen molar-refractivity contribution >= 4 is 11.9 Å². The average Bonchev–Trinajstić information content (AvgIpc) is 2.79. The molecule has 1 fully saturated rings. The molecule has 24 heavy (non-hydrogen) atoms. The van der Waals surface area contributed by atoms with Crippen LogP contribution in [-0.2, 0) is 9.59 Å². The third kappa shape index (κ3) is 3.47. The summed E-state index contributed by atoms with van der Waals surface area (Å²) >= 11 is 0. The Labute approximate surface area is 141 Å². The number of ether oxygens (including phenoxy) is 2. The third-order valence-electron chi connectivity index (χ3n) is 4.76. The first-order chi connectivity index (χ1) is 11.6. The second kappa shape index (κ2) is 7.11. The van der Waals surface area contributed by atoms with Crippen molar-refractivity contribution in [2.24, 2.45) is 5.92 Å². The molecule has 0 aromatic heterocycles. The SMILES string of the molecule is CC1Oc2ccccc2OC1C(=O)N[C@H]1CCCCC[C@H]1C(=O)O. The topological polar surface area (TPSA) is 84.9 Å². The van der Waals surface area contributed by atoms with E-state index in [0.717, 1.165) is 19.3 Å². The number of hydrogen-bond donors (Lipinski definition) is 2. The molecule has 1 aromatic rings. The van der Waals surface area contributed by atoms with Crippen LogP contribution in [0.5, 0.6) is 11.5 Å². The minimum atomic E-state index is -0.846. The van der Waals surface area contributed by atoms with Gasteiger partial charge in [-0.1, -0.05) is 31.4 Å². The number of carboxylic acids is 1. The van der Waals surface area contributed by atoms with Crippen LogP contribution in [0.2, 0.25) is 0 Å². The summed E-state index contributed by atoms with van der Waals surface area (Å²) in [5.74, 6) is -0.543. The lowest BCUT2D eigenvalue weighted by molar-refractivity contribution is -0.144. The zero-order valence-electron chi connectivity index (χ0n) is 13.7. The van der Waals surface area contributed by atoms with E-state index in [2.05, 4.69) is 5.32 Å². The van der Waals surface area contributed by atoms with E-state index in [4.69, 9.17) is 9.47 Å². The van der Waals surface area contributed by atoms with Crippen LogP contribution < -0.4 is 14.8 Å². The quantitative estimate of drug-likeness (QED) is 0.830. The van der Waals surface area contributed by atoms with Gasteiger partial charge in [-0.25, -0.2) is 0 Å². The Hall–Kier alpha value is -2.24. The number of para-hydroxylation sites is 2. The summed E-state index contributed by atoms with van der Waals surface area (Å²) in [7, 11) is 0. The number of carbonyl (C=O) groups is 2. The first-order valence-corrected chi connectivity index (χ1v) is 8.52. The van der Waals surface area contributed by atoms with Crippen molar-refractivity contribution < 1.29 is 24.2 Å². The lowest BCUT2D eigenvalue weighted by Gasteiger charge is -2.32. The predicted octanol–water partition coefficient (Wildman–Crippen LogP) is 2.36. The van der Waals surface area contributed by atoms with Gasteiger partial charge in [0.15, 0.2) is 11.5 Å². The average molecular weight is 333 g/mol. The zero-order valence-corrected chi connectivity index (χ0v) is 13.7. The standard InChI is InChI=1S/C18H23NO5/c1-11-16(24-15-10-6-5-9-14(15)23-11)17(20)19-13-8-4-2-3-7-12(13)18(21)22/h5-6,9-13,16H,2-4,7-8H2,1H3,(H,19,20)(H,21,22)/t11?,12-,13+,16?/m1/s1. The van der Waals surface area contributed by atoms with Gasteiger partial charge in [0.05, 0.1) is 5.92 Å². The second-order valence-electron chi connectivity index (χ2n) is 6.51. The van der Waals surface area contributed by atoms with Crippen molar-refractivity contribution in [3.63, 3.8) is 0 Å². The fourth-order valence-corrected chi connectivity index (χ4v) is 3.45. The van der Waals surface area contributed by atoms with E-state index in [9.17, 15) is 14.7 Å². The summed E-state index contributed by atoms with van der Waals surface area (Å²) in [5.41, 5.74) is 0. The van der Waals surface area contributed by atoms with E-state index in [1.54, 1.807) is 19.1 Å². The Kier molecular flexibility index (Phi) is 4.92. The summed E-state index contributed by atoms with van der Waals surface area (Å²) in [5, 5.41) is 12.3. The molecular formula is C18H23NO5. The van der Waals surface area contributed by atoms with Crippen LogP contribution in [-0.4, -0.2) is 35.2 Å². The molecule has 6 heteroatoms. The Morgan fingerprint density at radius 3 is 2.46 bits per heavy atom. The number of hydrogen-bond acceptors (Lipinski definition) is 4. The highest BCUT2D eigenvalue weighted by molar-refractivity contribution is 5.83. The van der Waals surface area contributed by atoms with Crippen LogP contribution in [0.3, 0.4) is 0 Å². The molecule has 2 unspecified atom stereocenters. The second-order valence-corrected chi connectivity index (χ2v) is 6.51. The largest absolute Gasteiger partial charge is 0.482 e. The molecule has 3 rings (SSSR count). The first kappa shape index (κ1) is 16.6. The van der Waals surface area contributed by atoms with Gasteiger partial charge in [-0.3, -0.25) is 9.59 Å². The first-order valence-electron chi connectivity index (χ1n) is 8.52. The molecule has 0 saturated heterocycles. The van der Waals surface area contributed by atoms with Crippen LogP contribution in [0.15, 0.2) is 24.3 Å². The van der Waals surface area contributed by atoms with Crippen LogP contribution in [0.25, 0.3) is 0 Å². The molecule has 0 bridgehead atoms. The number of rotatable bonds is 3. The molecule has 6 nitrogen and oxygen atoms in total. The van der Waals surface area contributed by atoms with E-state index in [1.807, 2.05) is 12.1 Å². The fourth-order valence-electron chi connectivity index (χ4n) is 3.45. The number of amides is 1. The van der Waals surface area contributed by atoms with Crippen molar-refractivity contribution in [3.05, 3.63) is 24.3 Å². The van der Waals surface area contributed by atoms with Gasteiger partial charge < -0.3 is 19.9 Å². The molecule has 4 atom stereocenters. The number of benzene rings is 1. The maximum Gasteiger partial charge on any atom is 0.308 e. The van der Waals surface area contributed by atoms with Gasteiger partial charge in [0.1, 0.15) is 6.10 Å². The molecule has 1 amide bonds. The highest BCUT2D eigenvalue weighted by Crippen LogP contribution is 2.33. The molecule has 1 saturated carbocycles. The molecule has 1 heterocycles. The summed E-state index contributed by atoms with van der Waals surface area (Å²) in [6, 6.07) is 6.86. The lowest BCUT2D eigenvalue weighted by atomic mass is 9.94. The minimum Gasteiger partial charge on any atom is -0.482 e. The molecule has 1 aliphatic carbocycles. The van der Waals surface area contributed by atoms with E-state index < -0.39 is 24.1 Å². The Morgan fingerprint density at radius 1 is 1.08 bits per heavy atom. The van der Waals surface area contributed by atoms with Gasteiger partial charge in [-0.2, -0.15) is 0 Å². The smallest absolute Gasteiger partial charge is 0.308 e. The van der Waals surface area contributed by atoms with Crippen LogP contribution in [0.4, 0.5) is 0 Å².